The second-order valence-corrected chi connectivity index (χ2v) is 7.79. The molecule has 1 aliphatic carbocycles. The lowest BCUT2D eigenvalue weighted by Crippen LogP contribution is -2.34. The zero-order valence-corrected chi connectivity index (χ0v) is 17.4. The molecule has 0 bridgehead atoms. The molecule has 6 nitrogen and oxygen atoms in total. The fourth-order valence-corrected chi connectivity index (χ4v) is 4.69. The Morgan fingerprint density at radius 2 is 1.89 bits per heavy atom. The zero-order valence-electron chi connectivity index (χ0n) is 15.8. The molecule has 0 saturated carbocycles. The molecule has 1 aromatic heterocycles. The van der Waals surface area contributed by atoms with Crippen LogP contribution in [0, 0.1) is 0 Å². The van der Waals surface area contributed by atoms with Crippen LogP contribution in [0.4, 0.5) is 5.00 Å². The van der Waals surface area contributed by atoms with Crippen molar-refractivity contribution in [2.75, 3.05) is 19.0 Å². The Bertz CT molecular complexity index is 890. The maximum atomic E-state index is 12.4. The number of hydrogen-bond donors (Lipinski definition) is 2. The number of carbonyl (C=O) groups excluding carboxylic acids is 2. The minimum Gasteiger partial charge on any atom is -0.494 e. The second-order valence-electron chi connectivity index (χ2n) is 6.27. The van der Waals surface area contributed by atoms with Gasteiger partial charge in [0.05, 0.1) is 19.3 Å². The van der Waals surface area contributed by atoms with Crippen molar-refractivity contribution in [1.82, 2.24) is 5.32 Å². The first-order chi connectivity index (χ1) is 13.5. The van der Waals surface area contributed by atoms with Crippen molar-refractivity contribution in [3.8, 4) is 5.75 Å². The van der Waals surface area contributed by atoms with E-state index in [0.717, 1.165) is 31.2 Å². The van der Waals surface area contributed by atoms with E-state index >= 15 is 0 Å². The summed E-state index contributed by atoms with van der Waals surface area (Å²) < 4.78 is 10.3. The van der Waals surface area contributed by atoms with Crippen LogP contribution in [0.3, 0.4) is 0 Å². The van der Waals surface area contributed by atoms with Crippen LogP contribution in [-0.4, -0.2) is 30.7 Å². The number of esters is 1. The van der Waals surface area contributed by atoms with Gasteiger partial charge in [-0.1, -0.05) is 0 Å². The first-order valence-corrected chi connectivity index (χ1v) is 10.3. The Labute approximate surface area is 173 Å². The maximum Gasteiger partial charge on any atom is 0.341 e. The number of methoxy groups -OCH3 is 1. The zero-order chi connectivity index (χ0) is 20.1. The molecule has 1 aliphatic rings. The molecule has 0 atom stereocenters. The average molecular weight is 419 g/mol. The van der Waals surface area contributed by atoms with Gasteiger partial charge in [0.15, 0.2) is 5.11 Å². The summed E-state index contributed by atoms with van der Waals surface area (Å²) in [7, 11) is 1.37. The first-order valence-electron chi connectivity index (χ1n) is 9.11. The Balaban J connectivity index is 1.71. The van der Waals surface area contributed by atoms with E-state index in [1.54, 1.807) is 24.3 Å². The standard InChI is InChI=1S/C20H22N2O4S2/c1-3-26-13-10-8-12(9-11-13)17(23)21-20(27)22-18-16(19(24)25-2)14-6-4-5-7-15(14)28-18/h8-11H,3-7H2,1-2H3,(H2,21,22,23,27). The quantitative estimate of drug-likeness (QED) is 0.566. The highest BCUT2D eigenvalue weighted by molar-refractivity contribution is 7.80. The molecule has 0 spiro atoms. The van der Waals surface area contributed by atoms with Crippen LogP contribution in [0.2, 0.25) is 0 Å². The number of amides is 1. The fourth-order valence-electron chi connectivity index (χ4n) is 3.15. The SMILES string of the molecule is CCOc1ccc(C(=O)NC(=S)Nc2sc3c(c2C(=O)OC)CCCC3)cc1. The summed E-state index contributed by atoms with van der Waals surface area (Å²) in [5.41, 5.74) is 2.03. The first kappa shape index (κ1) is 20.3. The van der Waals surface area contributed by atoms with Gasteiger partial charge in [0.2, 0.25) is 0 Å². The van der Waals surface area contributed by atoms with E-state index < -0.39 is 0 Å². The topological polar surface area (TPSA) is 76.7 Å². The van der Waals surface area contributed by atoms with Crippen LogP contribution < -0.4 is 15.4 Å². The lowest BCUT2D eigenvalue weighted by atomic mass is 9.95. The van der Waals surface area contributed by atoms with Gasteiger partial charge >= 0.3 is 5.97 Å². The monoisotopic (exact) mass is 418 g/mol. The molecule has 0 radical (unpaired) electrons. The summed E-state index contributed by atoms with van der Waals surface area (Å²) in [6.07, 6.45) is 3.94. The highest BCUT2D eigenvalue weighted by Gasteiger charge is 2.26. The smallest absolute Gasteiger partial charge is 0.341 e. The summed E-state index contributed by atoms with van der Waals surface area (Å²) in [6, 6.07) is 6.81. The Morgan fingerprint density at radius 1 is 1.18 bits per heavy atom. The molecule has 148 valence electrons. The highest BCUT2D eigenvalue weighted by Crippen LogP contribution is 2.38. The number of benzene rings is 1. The van der Waals surface area contributed by atoms with Crippen LogP contribution in [0.15, 0.2) is 24.3 Å². The third-order valence-electron chi connectivity index (χ3n) is 4.44. The van der Waals surface area contributed by atoms with Crippen LogP contribution >= 0.6 is 23.6 Å². The summed E-state index contributed by atoms with van der Waals surface area (Å²) in [5, 5.41) is 6.43. The van der Waals surface area contributed by atoms with Gasteiger partial charge < -0.3 is 14.8 Å². The number of anilines is 1. The number of thiocarbonyl (C=S) groups is 1. The number of nitrogens with one attached hydrogen (secondary N) is 2. The number of rotatable bonds is 5. The third-order valence-corrected chi connectivity index (χ3v) is 5.85. The molecule has 28 heavy (non-hydrogen) atoms. The summed E-state index contributed by atoms with van der Waals surface area (Å²) in [5.74, 6) is -0.0179. The van der Waals surface area contributed by atoms with Crippen LogP contribution in [0.5, 0.6) is 5.75 Å². The van der Waals surface area contributed by atoms with Crippen molar-refractivity contribution >= 4 is 45.5 Å². The predicted octanol–water partition coefficient (Wildman–Crippen LogP) is 3.94. The number of hydrogen-bond acceptors (Lipinski definition) is 6. The van der Waals surface area contributed by atoms with E-state index in [0.29, 0.717) is 28.5 Å². The normalized spacial score (nSPS) is 12.6. The fraction of sp³-hybridized carbons (Fsp3) is 0.350. The number of aryl methyl sites for hydroxylation is 1. The predicted molar refractivity (Wildman–Crippen MR) is 114 cm³/mol. The molecule has 1 heterocycles. The van der Waals surface area contributed by atoms with Crippen LogP contribution in [0.1, 0.15) is 50.9 Å². The van der Waals surface area contributed by atoms with Gasteiger partial charge in [-0.25, -0.2) is 4.79 Å². The minimum atomic E-state index is -0.387. The summed E-state index contributed by atoms with van der Waals surface area (Å²) in [6.45, 7) is 2.46. The van der Waals surface area contributed by atoms with Crippen molar-refractivity contribution in [1.29, 1.82) is 0 Å². The molecule has 0 fully saturated rings. The third kappa shape index (κ3) is 4.51. The van der Waals surface area contributed by atoms with Gasteiger partial charge in [-0.2, -0.15) is 0 Å². The summed E-state index contributed by atoms with van der Waals surface area (Å²) >= 11 is 6.79. The van der Waals surface area contributed by atoms with Crippen molar-refractivity contribution in [2.24, 2.45) is 0 Å². The van der Waals surface area contributed by atoms with E-state index in [1.165, 1.54) is 23.3 Å². The van der Waals surface area contributed by atoms with Gasteiger partial charge in [0.25, 0.3) is 5.91 Å². The average Bonchev–Trinajstić information content (AvgIpc) is 3.05. The molecule has 3 rings (SSSR count). The molecular formula is C20H22N2O4S2. The Kier molecular flexibility index (Phi) is 6.64. The lowest BCUT2D eigenvalue weighted by molar-refractivity contribution is 0.0601. The molecule has 0 unspecified atom stereocenters. The van der Waals surface area contributed by atoms with E-state index in [2.05, 4.69) is 10.6 Å². The molecule has 1 aromatic carbocycles. The maximum absolute atomic E-state index is 12.4. The van der Waals surface area contributed by atoms with Crippen molar-refractivity contribution < 1.29 is 19.1 Å². The molecule has 2 aromatic rings. The molecule has 2 N–H and O–H groups in total. The van der Waals surface area contributed by atoms with Crippen LogP contribution in [-0.2, 0) is 17.6 Å². The van der Waals surface area contributed by atoms with E-state index in [-0.39, 0.29) is 17.0 Å². The number of thiophene rings is 1. The number of carbonyl (C=O) groups is 2. The molecule has 1 amide bonds. The van der Waals surface area contributed by atoms with Crippen LogP contribution in [0.25, 0.3) is 0 Å². The van der Waals surface area contributed by atoms with Gasteiger partial charge in [-0.05, 0) is 74.7 Å². The van der Waals surface area contributed by atoms with Gasteiger partial charge in [0.1, 0.15) is 10.8 Å². The van der Waals surface area contributed by atoms with Gasteiger partial charge in [-0.3, -0.25) is 10.1 Å². The highest BCUT2D eigenvalue weighted by atomic mass is 32.1. The second kappa shape index (κ2) is 9.16. The number of fused-ring (bicyclic) bond motifs is 1. The minimum absolute atomic E-state index is 0.141. The molecule has 0 saturated heterocycles. The molecule has 8 heteroatoms. The van der Waals surface area contributed by atoms with E-state index in [4.69, 9.17) is 21.7 Å². The van der Waals surface area contributed by atoms with E-state index in [1.807, 2.05) is 6.92 Å². The Morgan fingerprint density at radius 3 is 2.57 bits per heavy atom. The largest absolute Gasteiger partial charge is 0.494 e. The van der Waals surface area contributed by atoms with E-state index in [9.17, 15) is 9.59 Å². The Hall–Kier alpha value is -2.45. The molecule has 0 aliphatic heterocycles. The number of ether oxygens (including phenoxy) is 2. The van der Waals surface area contributed by atoms with Crippen molar-refractivity contribution in [2.45, 2.75) is 32.6 Å². The van der Waals surface area contributed by atoms with Crippen molar-refractivity contribution in [3.63, 3.8) is 0 Å². The van der Waals surface area contributed by atoms with Crippen molar-refractivity contribution in [3.05, 3.63) is 45.8 Å². The lowest BCUT2D eigenvalue weighted by Gasteiger charge is -2.12. The van der Waals surface area contributed by atoms with Gasteiger partial charge in [-0.15, -0.1) is 11.3 Å². The summed E-state index contributed by atoms with van der Waals surface area (Å²) in [4.78, 5) is 25.9. The molecular weight excluding hydrogens is 396 g/mol. The van der Waals surface area contributed by atoms with Gasteiger partial charge in [0, 0.05) is 10.4 Å².